The molecule has 0 saturated carbocycles. The first-order valence-electron chi connectivity index (χ1n) is 4.14. The molecule has 4 heteroatoms. The Labute approximate surface area is 67.7 Å². The quantitative estimate of drug-likeness (QED) is 0.401. The summed E-state index contributed by atoms with van der Waals surface area (Å²) in [5, 5.41) is 3.09. The molecule has 0 atom stereocenters. The van der Waals surface area contributed by atoms with E-state index in [-0.39, 0.29) is 0 Å². The zero-order valence-electron chi connectivity index (χ0n) is 6.88. The standard InChI is InChI=1S/C7H17N3O/c8-7-9-1-2-10-3-5-11-6-4-10/h9H,1-8H2. The number of rotatable bonds is 4. The number of hydrogen-bond acceptors (Lipinski definition) is 4. The minimum absolute atomic E-state index is 0.574. The van der Waals surface area contributed by atoms with Gasteiger partial charge in [-0.2, -0.15) is 0 Å². The summed E-state index contributed by atoms with van der Waals surface area (Å²) in [6, 6.07) is 0. The lowest BCUT2D eigenvalue weighted by atomic mass is 10.4. The van der Waals surface area contributed by atoms with Crippen LogP contribution in [-0.2, 0) is 4.74 Å². The molecule has 0 unspecified atom stereocenters. The highest BCUT2D eigenvalue weighted by Crippen LogP contribution is 1.94. The van der Waals surface area contributed by atoms with Gasteiger partial charge in [0.2, 0.25) is 0 Å². The Hall–Kier alpha value is -0.160. The lowest BCUT2D eigenvalue weighted by molar-refractivity contribution is 0.0385. The molecule has 0 aromatic heterocycles. The fourth-order valence-corrected chi connectivity index (χ4v) is 1.16. The summed E-state index contributed by atoms with van der Waals surface area (Å²) in [7, 11) is 0. The molecule has 1 saturated heterocycles. The first-order valence-corrected chi connectivity index (χ1v) is 4.14. The van der Waals surface area contributed by atoms with Crippen molar-refractivity contribution in [3.8, 4) is 0 Å². The zero-order valence-corrected chi connectivity index (χ0v) is 6.88. The first-order chi connectivity index (χ1) is 5.43. The Kier molecular flexibility index (Phi) is 4.45. The molecule has 0 spiro atoms. The summed E-state index contributed by atoms with van der Waals surface area (Å²) in [5.74, 6) is 0. The maximum atomic E-state index is 5.29. The van der Waals surface area contributed by atoms with Gasteiger partial charge in [-0.1, -0.05) is 0 Å². The summed E-state index contributed by atoms with van der Waals surface area (Å²) in [6.45, 7) is 6.52. The van der Waals surface area contributed by atoms with E-state index in [1.807, 2.05) is 0 Å². The fourth-order valence-electron chi connectivity index (χ4n) is 1.16. The molecule has 66 valence electrons. The van der Waals surface area contributed by atoms with Gasteiger partial charge in [-0.3, -0.25) is 4.90 Å². The van der Waals surface area contributed by atoms with Gasteiger partial charge in [-0.15, -0.1) is 0 Å². The number of nitrogens with two attached hydrogens (primary N) is 1. The highest BCUT2D eigenvalue weighted by molar-refractivity contribution is 4.62. The van der Waals surface area contributed by atoms with Crippen molar-refractivity contribution in [2.24, 2.45) is 5.73 Å². The monoisotopic (exact) mass is 159 g/mol. The van der Waals surface area contributed by atoms with E-state index in [0.717, 1.165) is 39.4 Å². The summed E-state index contributed by atoms with van der Waals surface area (Å²) >= 11 is 0. The van der Waals surface area contributed by atoms with Crippen molar-refractivity contribution in [2.45, 2.75) is 0 Å². The van der Waals surface area contributed by atoms with E-state index in [0.29, 0.717) is 6.67 Å². The van der Waals surface area contributed by atoms with Crippen molar-refractivity contribution in [1.82, 2.24) is 10.2 Å². The van der Waals surface area contributed by atoms with E-state index < -0.39 is 0 Å². The number of hydrogen-bond donors (Lipinski definition) is 2. The van der Waals surface area contributed by atoms with Crippen molar-refractivity contribution in [3.05, 3.63) is 0 Å². The van der Waals surface area contributed by atoms with Gasteiger partial charge in [0.25, 0.3) is 0 Å². The maximum absolute atomic E-state index is 5.29. The second-order valence-corrected chi connectivity index (χ2v) is 2.66. The summed E-state index contributed by atoms with van der Waals surface area (Å²) < 4.78 is 5.22. The molecule has 0 aliphatic carbocycles. The molecule has 11 heavy (non-hydrogen) atoms. The smallest absolute Gasteiger partial charge is 0.0594 e. The minimum atomic E-state index is 0.574. The summed E-state index contributed by atoms with van der Waals surface area (Å²) in [5.41, 5.74) is 5.29. The molecule has 1 aliphatic rings. The van der Waals surface area contributed by atoms with E-state index in [2.05, 4.69) is 10.2 Å². The van der Waals surface area contributed by atoms with E-state index >= 15 is 0 Å². The Morgan fingerprint density at radius 3 is 2.73 bits per heavy atom. The zero-order chi connectivity index (χ0) is 7.94. The third-order valence-electron chi connectivity index (χ3n) is 1.85. The van der Waals surface area contributed by atoms with Crippen LogP contribution in [0.2, 0.25) is 0 Å². The largest absolute Gasteiger partial charge is 0.379 e. The Bertz CT molecular complexity index is 93.7. The van der Waals surface area contributed by atoms with Crippen LogP contribution in [-0.4, -0.2) is 51.0 Å². The summed E-state index contributed by atoms with van der Waals surface area (Å²) in [6.07, 6.45) is 0. The van der Waals surface area contributed by atoms with Crippen LogP contribution in [0.25, 0.3) is 0 Å². The van der Waals surface area contributed by atoms with Crippen LogP contribution in [0.1, 0.15) is 0 Å². The maximum Gasteiger partial charge on any atom is 0.0594 e. The van der Waals surface area contributed by atoms with E-state index in [1.54, 1.807) is 0 Å². The van der Waals surface area contributed by atoms with Gasteiger partial charge in [-0.05, 0) is 0 Å². The number of ether oxygens (including phenoxy) is 1. The van der Waals surface area contributed by atoms with Gasteiger partial charge in [0, 0.05) is 32.8 Å². The van der Waals surface area contributed by atoms with Gasteiger partial charge in [0.15, 0.2) is 0 Å². The third-order valence-corrected chi connectivity index (χ3v) is 1.85. The average molecular weight is 159 g/mol. The Balaban J connectivity index is 1.96. The normalized spacial score (nSPS) is 20.5. The summed E-state index contributed by atoms with van der Waals surface area (Å²) in [4.78, 5) is 2.38. The van der Waals surface area contributed by atoms with Crippen LogP contribution < -0.4 is 11.1 Å². The topological polar surface area (TPSA) is 50.5 Å². The molecule has 0 amide bonds. The minimum Gasteiger partial charge on any atom is -0.379 e. The lowest BCUT2D eigenvalue weighted by Crippen LogP contribution is -2.41. The van der Waals surface area contributed by atoms with Crippen molar-refractivity contribution in [2.75, 3.05) is 46.1 Å². The number of nitrogens with one attached hydrogen (secondary N) is 1. The van der Waals surface area contributed by atoms with Crippen molar-refractivity contribution in [3.63, 3.8) is 0 Å². The highest BCUT2D eigenvalue weighted by Gasteiger charge is 2.08. The molecule has 4 nitrogen and oxygen atoms in total. The molecule has 0 bridgehead atoms. The van der Waals surface area contributed by atoms with Crippen LogP contribution in [0.5, 0.6) is 0 Å². The van der Waals surface area contributed by atoms with E-state index in [4.69, 9.17) is 10.5 Å². The van der Waals surface area contributed by atoms with Gasteiger partial charge in [0.05, 0.1) is 13.2 Å². The molecule has 0 radical (unpaired) electrons. The molecular weight excluding hydrogens is 142 g/mol. The SMILES string of the molecule is NCNCCN1CCOCC1. The van der Waals surface area contributed by atoms with Crippen LogP contribution in [0, 0.1) is 0 Å². The number of nitrogens with zero attached hydrogens (tertiary/aromatic N) is 1. The molecule has 1 heterocycles. The fraction of sp³-hybridized carbons (Fsp3) is 1.00. The third kappa shape index (κ3) is 3.67. The predicted molar refractivity (Wildman–Crippen MR) is 44.3 cm³/mol. The molecule has 1 aliphatic heterocycles. The van der Waals surface area contributed by atoms with Crippen LogP contribution in [0.4, 0.5) is 0 Å². The highest BCUT2D eigenvalue weighted by atomic mass is 16.5. The van der Waals surface area contributed by atoms with Gasteiger partial charge in [-0.25, -0.2) is 0 Å². The second-order valence-electron chi connectivity index (χ2n) is 2.66. The van der Waals surface area contributed by atoms with E-state index in [1.165, 1.54) is 0 Å². The predicted octanol–water partition coefficient (Wildman–Crippen LogP) is -1.18. The average Bonchev–Trinajstić information content (AvgIpc) is 2.07. The van der Waals surface area contributed by atoms with Crippen molar-refractivity contribution >= 4 is 0 Å². The van der Waals surface area contributed by atoms with E-state index in [9.17, 15) is 0 Å². The van der Waals surface area contributed by atoms with Crippen molar-refractivity contribution in [1.29, 1.82) is 0 Å². The molecule has 3 N–H and O–H groups in total. The lowest BCUT2D eigenvalue weighted by Gasteiger charge is -2.26. The van der Waals surface area contributed by atoms with Crippen molar-refractivity contribution < 1.29 is 4.74 Å². The molecule has 0 aromatic rings. The molecular formula is C7H17N3O. The van der Waals surface area contributed by atoms with Gasteiger partial charge < -0.3 is 15.8 Å². The Morgan fingerprint density at radius 2 is 2.09 bits per heavy atom. The molecule has 1 rings (SSSR count). The molecule has 0 aromatic carbocycles. The van der Waals surface area contributed by atoms with Crippen LogP contribution in [0.3, 0.4) is 0 Å². The van der Waals surface area contributed by atoms with Gasteiger partial charge in [0.1, 0.15) is 0 Å². The van der Waals surface area contributed by atoms with Crippen LogP contribution >= 0.6 is 0 Å². The number of morpholine rings is 1. The molecule has 1 fully saturated rings. The first kappa shape index (κ1) is 8.93. The van der Waals surface area contributed by atoms with Crippen LogP contribution in [0.15, 0.2) is 0 Å². The second kappa shape index (κ2) is 5.49. The van der Waals surface area contributed by atoms with Gasteiger partial charge >= 0.3 is 0 Å². The Morgan fingerprint density at radius 1 is 1.36 bits per heavy atom.